The number of hydrogen-bond donors (Lipinski definition) is 2. The summed E-state index contributed by atoms with van der Waals surface area (Å²) >= 11 is 0. The molecule has 17 heavy (non-hydrogen) atoms. The van der Waals surface area contributed by atoms with Crippen molar-refractivity contribution in [2.24, 2.45) is 0 Å². The largest absolute Gasteiger partial charge is 0.478 e. The molecule has 0 aliphatic heterocycles. The van der Waals surface area contributed by atoms with E-state index in [1.165, 1.54) is 12.4 Å². The lowest BCUT2D eigenvalue weighted by atomic mass is 10.2. The molecule has 0 radical (unpaired) electrons. The maximum Gasteiger partial charge on any atom is 0.339 e. The van der Waals surface area contributed by atoms with Crippen LogP contribution in [0.1, 0.15) is 21.8 Å². The smallest absolute Gasteiger partial charge is 0.339 e. The van der Waals surface area contributed by atoms with Crippen molar-refractivity contribution < 1.29 is 14.4 Å². The molecule has 6 heteroatoms. The Labute approximate surface area is 97.3 Å². The number of pyridine rings is 1. The lowest BCUT2D eigenvalue weighted by molar-refractivity contribution is 0.0697. The van der Waals surface area contributed by atoms with Crippen molar-refractivity contribution in [3.63, 3.8) is 0 Å². The summed E-state index contributed by atoms with van der Waals surface area (Å²) in [6.07, 6.45) is 2.83. The van der Waals surface area contributed by atoms with Gasteiger partial charge in [0.25, 0.3) is 0 Å². The summed E-state index contributed by atoms with van der Waals surface area (Å²) in [5, 5.41) is 15.7. The van der Waals surface area contributed by atoms with E-state index in [-0.39, 0.29) is 5.56 Å². The molecule has 0 unspecified atom stereocenters. The lowest BCUT2D eigenvalue weighted by Gasteiger charge is -2.06. The molecule has 0 bridgehead atoms. The molecular formula is C11H11N3O3. The molecule has 0 saturated carbocycles. The van der Waals surface area contributed by atoms with Crippen molar-refractivity contribution >= 4 is 11.7 Å². The molecule has 0 aliphatic rings. The van der Waals surface area contributed by atoms with Crippen LogP contribution in [0.15, 0.2) is 29.0 Å². The quantitative estimate of drug-likeness (QED) is 0.835. The average molecular weight is 233 g/mol. The third-order valence-electron chi connectivity index (χ3n) is 2.18. The molecule has 0 fully saturated rings. The molecular weight excluding hydrogens is 222 g/mol. The zero-order valence-corrected chi connectivity index (χ0v) is 9.17. The van der Waals surface area contributed by atoms with E-state index in [2.05, 4.69) is 15.5 Å². The number of aromatic nitrogens is 2. The highest BCUT2D eigenvalue weighted by molar-refractivity contribution is 5.93. The van der Waals surface area contributed by atoms with E-state index in [1.54, 1.807) is 12.1 Å². The molecule has 88 valence electrons. The zero-order chi connectivity index (χ0) is 12.3. The van der Waals surface area contributed by atoms with Gasteiger partial charge in [-0.15, -0.1) is 0 Å². The third kappa shape index (κ3) is 2.60. The average Bonchev–Trinajstić information content (AvgIpc) is 2.73. The van der Waals surface area contributed by atoms with E-state index in [0.29, 0.717) is 18.0 Å². The number of carboxylic acids is 1. The first-order valence-electron chi connectivity index (χ1n) is 5.00. The minimum atomic E-state index is -1.02. The van der Waals surface area contributed by atoms with E-state index in [9.17, 15) is 4.79 Å². The second-order valence-corrected chi connectivity index (χ2v) is 3.51. The number of aromatic carboxylic acids is 1. The van der Waals surface area contributed by atoms with Crippen LogP contribution >= 0.6 is 0 Å². The lowest BCUT2D eigenvalue weighted by Crippen LogP contribution is -2.06. The van der Waals surface area contributed by atoms with Gasteiger partial charge in [-0.3, -0.25) is 4.98 Å². The van der Waals surface area contributed by atoms with Crippen LogP contribution in [0.3, 0.4) is 0 Å². The van der Waals surface area contributed by atoms with Crippen molar-refractivity contribution in [3.05, 3.63) is 41.5 Å². The summed E-state index contributed by atoms with van der Waals surface area (Å²) in [4.78, 5) is 14.7. The summed E-state index contributed by atoms with van der Waals surface area (Å²) in [5.41, 5.74) is 1.42. The normalized spacial score (nSPS) is 10.2. The molecule has 0 saturated heterocycles. The molecule has 2 N–H and O–H groups in total. The number of hydrogen-bond acceptors (Lipinski definition) is 5. The second kappa shape index (κ2) is 4.65. The van der Waals surface area contributed by atoms with E-state index in [4.69, 9.17) is 9.63 Å². The van der Waals surface area contributed by atoms with Gasteiger partial charge in [0.05, 0.1) is 17.9 Å². The Morgan fingerprint density at radius 2 is 2.41 bits per heavy atom. The zero-order valence-electron chi connectivity index (χ0n) is 9.17. The Hall–Kier alpha value is -2.37. The van der Waals surface area contributed by atoms with E-state index < -0.39 is 5.97 Å². The van der Waals surface area contributed by atoms with Gasteiger partial charge >= 0.3 is 5.97 Å². The Bertz CT molecular complexity index is 536. The number of carbonyl (C=O) groups is 1. The fraction of sp³-hybridized carbons (Fsp3) is 0.182. The number of nitrogens with one attached hydrogen (secondary N) is 1. The van der Waals surface area contributed by atoms with Gasteiger partial charge in [0.1, 0.15) is 5.56 Å². The molecule has 2 aromatic heterocycles. The molecule has 0 atom stereocenters. The van der Waals surface area contributed by atoms with Crippen molar-refractivity contribution in [2.45, 2.75) is 13.5 Å². The number of anilines is 1. The van der Waals surface area contributed by atoms with Crippen LogP contribution in [0, 0.1) is 6.92 Å². The molecule has 0 aromatic carbocycles. The van der Waals surface area contributed by atoms with E-state index >= 15 is 0 Å². The van der Waals surface area contributed by atoms with Crippen molar-refractivity contribution in [1.82, 2.24) is 10.1 Å². The molecule has 2 heterocycles. The summed E-state index contributed by atoms with van der Waals surface area (Å²) in [6.45, 7) is 2.20. The minimum absolute atomic E-state index is 0.128. The van der Waals surface area contributed by atoms with Gasteiger partial charge in [0, 0.05) is 18.5 Å². The van der Waals surface area contributed by atoms with Gasteiger partial charge in [0.15, 0.2) is 5.76 Å². The van der Waals surface area contributed by atoms with E-state index in [0.717, 1.165) is 5.69 Å². The van der Waals surface area contributed by atoms with Crippen LogP contribution in [0.25, 0.3) is 0 Å². The summed E-state index contributed by atoms with van der Waals surface area (Å²) in [5.74, 6) is -0.370. The topological polar surface area (TPSA) is 88.2 Å². The fourth-order valence-electron chi connectivity index (χ4n) is 1.40. The van der Waals surface area contributed by atoms with Gasteiger partial charge in [-0.25, -0.2) is 4.79 Å². The number of carboxylic acid groups (broad SMARTS) is 1. The SMILES string of the molecule is Cc1cc(CNc2ccncc2C(=O)O)on1. The summed E-state index contributed by atoms with van der Waals surface area (Å²) in [6, 6.07) is 3.39. The molecule has 0 spiro atoms. The Morgan fingerprint density at radius 3 is 3.06 bits per heavy atom. The first-order valence-corrected chi connectivity index (χ1v) is 5.00. The van der Waals surface area contributed by atoms with Gasteiger partial charge in [0.2, 0.25) is 0 Å². The van der Waals surface area contributed by atoms with Crippen LogP contribution in [0.5, 0.6) is 0 Å². The monoisotopic (exact) mass is 233 g/mol. The number of aryl methyl sites for hydroxylation is 1. The van der Waals surface area contributed by atoms with Crippen LogP contribution in [-0.2, 0) is 6.54 Å². The standard InChI is InChI=1S/C11H11N3O3/c1-7-4-8(17-14-7)5-13-10-2-3-12-6-9(10)11(15)16/h2-4,6H,5H2,1H3,(H,12,13)(H,15,16). The van der Waals surface area contributed by atoms with Crippen molar-refractivity contribution in [3.8, 4) is 0 Å². The fourth-order valence-corrected chi connectivity index (χ4v) is 1.40. The predicted molar refractivity (Wildman–Crippen MR) is 59.8 cm³/mol. The molecule has 0 aliphatic carbocycles. The second-order valence-electron chi connectivity index (χ2n) is 3.51. The van der Waals surface area contributed by atoms with Crippen molar-refractivity contribution in [2.75, 3.05) is 5.32 Å². The number of rotatable bonds is 4. The van der Waals surface area contributed by atoms with Crippen LogP contribution in [0.2, 0.25) is 0 Å². The third-order valence-corrected chi connectivity index (χ3v) is 2.18. The van der Waals surface area contributed by atoms with Gasteiger partial charge in [-0.1, -0.05) is 5.16 Å². The predicted octanol–water partition coefficient (Wildman–Crippen LogP) is 1.69. The maximum atomic E-state index is 10.9. The minimum Gasteiger partial charge on any atom is -0.478 e. The highest BCUT2D eigenvalue weighted by Crippen LogP contribution is 2.15. The molecule has 6 nitrogen and oxygen atoms in total. The van der Waals surface area contributed by atoms with Gasteiger partial charge < -0.3 is 14.9 Å². The van der Waals surface area contributed by atoms with Crippen LogP contribution in [-0.4, -0.2) is 21.2 Å². The molecule has 2 rings (SSSR count). The summed E-state index contributed by atoms with van der Waals surface area (Å²) in [7, 11) is 0. The highest BCUT2D eigenvalue weighted by Gasteiger charge is 2.10. The Kier molecular flexibility index (Phi) is 3.04. The highest BCUT2D eigenvalue weighted by atomic mass is 16.5. The first kappa shape index (κ1) is 11.1. The maximum absolute atomic E-state index is 10.9. The van der Waals surface area contributed by atoms with Crippen molar-refractivity contribution in [1.29, 1.82) is 0 Å². The number of nitrogens with zero attached hydrogens (tertiary/aromatic N) is 2. The first-order chi connectivity index (χ1) is 8.16. The Balaban J connectivity index is 2.11. The van der Waals surface area contributed by atoms with E-state index in [1.807, 2.05) is 6.92 Å². The van der Waals surface area contributed by atoms with Gasteiger partial charge in [-0.2, -0.15) is 0 Å². The van der Waals surface area contributed by atoms with Crippen LogP contribution < -0.4 is 5.32 Å². The van der Waals surface area contributed by atoms with Crippen LogP contribution in [0.4, 0.5) is 5.69 Å². The summed E-state index contributed by atoms with van der Waals surface area (Å²) < 4.78 is 5.01. The molecule has 0 amide bonds. The van der Waals surface area contributed by atoms with Gasteiger partial charge in [-0.05, 0) is 13.0 Å². The molecule has 2 aromatic rings. The Morgan fingerprint density at radius 1 is 1.59 bits per heavy atom.